The Labute approximate surface area is 208 Å². The molecule has 0 heterocycles. The van der Waals surface area contributed by atoms with Crippen LogP contribution in [0.15, 0.2) is 30.3 Å². The van der Waals surface area contributed by atoms with Crippen LogP contribution in [0.25, 0.3) is 0 Å². The van der Waals surface area contributed by atoms with Crippen LogP contribution in [0.3, 0.4) is 0 Å². The first-order chi connectivity index (χ1) is 12.1. The molecule has 0 aliphatic heterocycles. The molecule has 1 rings (SSSR count). The Morgan fingerprint density at radius 1 is 0.963 bits per heavy atom. The second-order valence-corrected chi connectivity index (χ2v) is 14.8. The molecule has 156 valence electrons. The number of rotatable bonds is 10. The number of halogens is 8. The van der Waals surface area contributed by atoms with E-state index >= 15 is 0 Å². The number of alkyl halides is 8. The van der Waals surface area contributed by atoms with Crippen molar-refractivity contribution in [3.8, 4) is 5.75 Å². The van der Waals surface area contributed by atoms with Gasteiger partial charge in [-0.25, -0.2) is 13.6 Å². The van der Waals surface area contributed by atoms with E-state index in [4.69, 9.17) is 71.6 Å². The van der Waals surface area contributed by atoms with Gasteiger partial charge >= 0.3 is 7.82 Å². The van der Waals surface area contributed by atoms with Gasteiger partial charge in [-0.1, -0.05) is 66.8 Å². The van der Waals surface area contributed by atoms with E-state index in [2.05, 4.69) is 47.8 Å². The van der Waals surface area contributed by atoms with Crippen LogP contribution in [0.2, 0.25) is 0 Å². The second-order valence-electron chi connectivity index (χ2n) is 5.92. The molecule has 0 bridgehead atoms. The highest BCUT2D eigenvalue weighted by molar-refractivity contribution is 9.25. The van der Waals surface area contributed by atoms with Gasteiger partial charge in [0, 0.05) is 11.3 Å². The minimum Gasteiger partial charge on any atom is -0.404 e. The first kappa shape index (κ1) is 27.1. The van der Waals surface area contributed by atoms with E-state index in [0.29, 0.717) is 0 Å². The second kappa shape index (κ2) is 10.1. The number of benzene rings is 1. The van der Waals surface area contributed by atoms with Crippen LogP contribution in [-0.2, 0) is 13.6 Å². The van der Waals surface area contributed by atoms with Gasteiger partial charge in [0.25, 0.3) is 0 Å². The Hall–Kier alpha value is 2.06. The summed E-state index contributed by atoms with van der Waals surface area (Å²) in [7, 11) is -4.46. The maximum atomic E-state index is 13.5. The largest absolute Gasteiger partial charge is 0.534 e. The highest BCUT2D eigenvalue weighted by Gasteiger charge is 2.56. The SMILES string of the molecule is CC(C)(CCl)C(Cl)(Br)OP(=O)(Oc1ccccc1)OC(Br)(Br)C(Cl)(Cl)CCl. The summed E-state index contributed by atoms with van der Waals surface area (Å²) in [5, 5.41) is 0. The van der Waals surface area contributed by atoms with E-state index in [1.807, 2.05) is 0 Å². The number of phosphoric acid groups is 1. The Kier molecular flexibility index (Phi) is 10.2. The van der Waals surface area contributed by atoms with Crippen LogP contribution < -0.4 is 4.52 Å². The third kappa shape index (κ3) is 7.31. The lowest BCUT2D eigenvalue weighted by molar-refractivity contribution is 0.0678. The third-order valence-electron chi connectivity index (χ3n) is 3.13. The van der Waals surface area contributed by atoms with Gasteiger partial charge in [-0.3, -0.25) is 0 Å². The molecule has 0 aliphatic carbocycles. The Morgan fingerprint density at radius 2 is 1.48 bits per heavy atom. The molecule has 0 radical (unpaired) electrons. The Balaban J connectivity index is 3.30. The summed E-state index contributed by atoms with van der Waals surface area (Å²) in [6.45, 7) is 3.38. The minimum absolute atomic E-state index is 0.0669. The van der Waals surface area contributed by atoms with Crippen molar-refractivity contribution in [2.75, 3.05) is 11.8 Å². The van der Waals surface area contributed by atoms with Gasteiger partial charge in [0.1, 0.15) is 5.75 Å². The average Bonchev–Trinajstić information content (AvgIpc) is 2.53. The molecule has 0 amide bonds. The number of hydrogen-bond acceptors (Lipinski definition) is 4. The van der Waals surface area contributed by atoms with Crippen LogP contribution in [0.4, 0.5) is 0 Å². The topological polar surface area (TPSA) is 44.8 Å². The fourth-order valence-electron chi connectivity index (χ4n) is 1.29. The minimum atomic E-state index is -4.46. The Bertz CT molecular complexity index is 642. The van der Waals surface area contributed by atoms with Crippen molar-refractivity contribution in [2.45, 2.75) is 25.6 Å². The van der Waals surface area contributed by atoms with Gasteiger partial charge in [-0.15, -0.1) is 23.2 Å². The summed E-state index contributed by atoms with van der Waals surface area (Å²) in [4.78, 5) is 0. The monoisotopic (exact) mass is 690 g/mol. The van der Waals surface area contributed by atoms with Crippen molar-refractivity contribution in [3.63, 3.8) is 0 Å². The summed E-state index contributed by atoms with van der Waals surface area (Å²) in [6, 6.07) is 8.20. The summed E-state index contributed by atoms with van der Waals surface area (Å²) in [5.74, 6) is -0.0240. The van der Waals surface area contributed by atoms with Gasteiger partial charge in [0.05, 0.1) is 5.88 Å². The number of hydrogen-bond donors (Lipinski definition) is 0. The molecular weight excluding hydrogens is 680 g/mol. The molecule has 27 heavy (non-hydrogen) atoms. The van der Waals surface area contributed by atoms with Crippen LogP contribution in [-0.4, -0.2) is 23.5 Å². The first-order valence-corrected chi connectivity index (χ1v) is 13.2. The van der Waals surface area contributed by atoms with Crippen molar-refractivity contribution in [3.05, 3.63) is 30.3 Å². The molecule has 2 atom stereocenters. The van der Waals surface area contributed by atoms with E-state index in [1.165, 1.54) is 0 Å². The van der Waals surface area contributed by atoms with Crippen LogP contribution in [0, 0.1) is 5.41 Å². The third-order valence-corrected chi connectivity index (χ3v) is 12.0. The molecule has 0 spiro atoms. The number of para-hydroxylation sites is 1. The van der Waals surface area contributed by atoms with Crippen LogP contribution in [0.5, 0.6) is 5.75 Å². The average molecular weight is 695 g/mol. The highest BCUT2D eigenvalue weighted by Crippen LogP contribution is 2.65. The molecule has 13 heteroatoms. The summed E-state index contributed by atoms with van der Waals surface area (Å²) in [5.41, 5.74) is -0.887. The molecule has 0 aromatic heterocycles. The molecular formula is C14H15Br3Cl5O4P. The predicted octanol–water partition coefficient (Wildman–Crippen LogP) is 8.62. The van der Waals surface area contributed by atoms with Crippen molar-refractivity contribution in [1.29, 1.82) is 0 Å². The molecule has 0 fully saturated rings. The quantitative estimate of drug-likeness (QED) is 0.182. The molecule has 4 nitrogen and oxygen atoms in total. The number of phosphoric ester groups is 1. The van der Waals surface area contributed by atoms with Crippen molar-refractivity contribution < 1.29 is 18.1 Å². The lowest BCUT2D eigenvalue weighted by atomic mass is 9.98. The lowest BCUT2D eigenvalue weighted by Crippen LogP contribution is -2.42. The maximum Gasteiger partial charge on any atom is 0.534 e. The summed E-state index contributed by atoms with van der Waals surface area (Å²) >= 11 is 39.8. The van der Waals surface area contributed by atoms with E-state index in [9.17, 15) is 4.57 Å². The fourth-order valence-corrected chi connectivity index (χ4v) is 6.20. The van der Waals surface area contributed by atoms with E-state index in [1.54, 1.807) is 44.2 Å². The smallest absolute Gasteiger partial charge is 0.404 e. The molecule has 0 aliphatic rings. The lowest BCUT2D eigenvalue weighted by Gasteiger charge is -2.39. The zero-order valence-corrected chi connectivity index (χ0v) is 23.3. The summed E-state index contributed by atoms with van der Waals surface area (Å²) in [6.07, 6.45) is 0. The zero-order chi connectivity index (χ0) is 21.1. The molecule has 1 aromatic rings. The molecule has 0 saturated carbocycles. The van der Waals surface area contributed by atoms with Gasteiger partial charge in [0.15, 0.2) is 4.33 Å². The van der Waals surface area contributed by atoms with Crippen molar-refractivity contribution in [2.24, 2.45) is 5.41 Å². The molecule has 2 unspecified atom stereocenters. The normalized spacial score (nSPS) is 17.9. The highest BCUT2D eigenvalue weighted by atomic mass is 79.9. The van der Waals surface area contributed by atoms with Gasteiger partial charge < -0.3 is 4.52 Å². The maximum absolute atomic E-state index is 13.5. The van der Waals surface area contributed by atoms with Gasteiger partial charge in [-0.05, 0) is 59.9 Å². The predicted molar refractivity (Wildman–Crippen MR) is 125 cm³/mol. The van der Waals surface area contributed by atoms with Gasteiger partial charge in [-0.2, -0.15) is 0 Å². The van der Waals surface area contributed by atoms with Crippen molar-refractivity contribution >= 4 is 114 Å². The van der Waals surface area contributed by atoms with E-state index < -0.39 is 25.0 Å². The zero-order valence-electron chi connectivity index (χ0n) is 13.9. The molecule has 1 aromatic carbocycles. The van der Waals surface area contributed by atoms with Gasteiger partial charge in [0.2, 0.25) is 7.39 Å². The standard InChI is InChI=1S/C14H15Br3Cl5O4P/c1-11(2,8-18)14(17,22)26-27(23,24-10-6-4-3-5-7-10)25-13(15,16)12(20,21)9-19/h3-7H,8-9H2,1-2H3. The van der Waals surface area contributed by atoms with Crippen LogP contribution in [0.1, 0.15) is 13.8 Å². The molecule has 0 N–H and O–H groups in total. The molecule has 0 saturated heterocycles. The summed E-state index contributed by atoms with van der Waals surface area (Å²) < 4.78 is 24.8. The first-order valence-electron chi connectivity index (χ1n) is 7.13. The van der Waals surface area contributed by atoms with Crippen molar-refractivity contribution in [1.82, 2.24) is 0 Å². The fraction of sp³-hybridized carbons (Fsp3) is 0.571. The van der Waals surface area contributed by atoms with E-state index in [-0.39, 0.29) is 17.5 Å². The Morgan fingerprint density at radius 3 is 1.93 bits per heavy atom. The van der Waals surface area contributed by atoms with E-state index in [0.717, 1.165) is 0 Å². The van der Waals surface area contributed by atoms with Crippen LogP contribution >= 0.6 is 114 Å².